The highest BCUT2D eigenvalue weighted by atomic mass is 32.2. The van der Waals surface area contributed by atoms with Gasteiger partial charge in [0.15, 0.2) is 0 Å². The van der Waals surface area contributed by atoms with Crippen molar-refractivity contribution in [2.24, 2.45) is 0 Å². The van der Waals surface area contributed by atoms with Crippen molar-refractivity contribution >= 4 is 21.6 Å². The van der Waals surface area contributed by atoms with Gasteiger partial charge in [0.25, 0.3) is 0 Å². The zero-order chi connectivity index (χ0) is 22.8. The summed E-state index contributed by atoms with van der Waals surface area (Å²) in [6.07, 6.45) is -1.76. The third-order valence-electron chi connectivity index (χ3n) is 4.24. The fourth-order valence-corrected chi connectivity index (χ4v) is 3.81. The first kappa shape index (κ1) is 22.4. The van der Waals surface area contributed by atoms with Crippen molar-refractivity contribution < 1.29 is 30.8 Å². The highest BCUT2D eigenvalue weighted by Crippen LogP contribution is 2.33. The molecule has 2 aromatic carbocycles. The first-order chi connectivity index (χ1) is 14.5. The van der Waals surface area contributed by atoms with Crippen LogP contribution in [0.4, 0.5) is 23.2 Å². The molecule has 0 aliphatic heterocycles. The molecule has 1 aromatic heterocycles. The summed E-state index contributed by atoms with van der Waals surface area (Å²) >= 11 is 0. The Morgan fingerprint density at radius 1 is 1.16 bits per heavy atom. The summed E-state index contributed by atoms with van der Waals surface area (Å²) in [7, 11) is -3.00. The fraction of sp³-hybridized carbons (Fsp3) is 0.158. The van der Waals surface area contributed by atoms with Crippen LogP contribution in [-0.4, -0.2) is 42.0 Å². The summed E-state index contributed by atoms with van der Waals surface area (Å²) in [5.41, 5.74) is -1.03. The molecule has 31 heavy (non-hydrogen) atoms. The number of benzene rings is 2. The van der Waals surface area contributed by atoms with Crippen LogP contribution in [0.25, 0.3) is 5.69 Å². The van der Waals surface area contributed by atoms with Crippen molar-refractivity contribution in [3.05, 3.63) is 72.3 Å². The molecule has 0 unspecified atom stereocenters. The first-order valence-electron chi connectivity index (χ1n) is 8.71. The quantitative estimate of drug-likeness (QED) is 0.577. The van der Waals surface area contributed by atoms with E-state index in [0.717, 1.165) is 49.5 Å². The molecule has 0 aliphatic carbocycles. The molecule has 0 fully saturated rings. The third kappa shape index (κ3) is 5.09. The molecule has 0 atom stereocenters. The molecule has 0 radical (unpaired) electrons. The summed E-state index contributed by atoms with van der Waals surface area (Å²) in [5.74, 6) is -1.50. The Kier molecular flexibility index (Phi) is 6.13. The van der Waals surface area contributed by atoms with Crippen molar-refractivity contribution in [3.8, 4) is 5.69 Å². The normalized spacial score (nSPS) is 12.2. The summed E-state index contributed by atoms with van der Waals surface area (Å²) in [6, 6.07) is 8.28. The van der Waals surface area contributed by atoms with Gasteiger partial charge in [0, 0.05) is 19.4 Å². The molecular weight excluding hydrogens is 440 g/mol. The molecule has 7 nitrogen and oxygen atoms in total. The van der Waals surface area contributed by atoms with E-state index in [4.69, 9.17) is 0 Å². The topological polar surface area (TPSA) is 84.3 Å². The third-order valence-corrected chi connectivity index (χ3v) is 6.05. The van der Waals surface area contributed by atoms with E-state index in [1.54, 1.807) is 6.07 Å². The minimum Gasteiger partial charge on any atom is -0.323 e. The van der Waals surface area contributed by atoms with Gasteiger partial charge in [-0.1, -0.05) is 0 Å². The molecule has 0 saturated carbocycles. The number of hydrogen-bond acceptors (Lipinski definition) is 4. The van der Waals surface area contributed by atoms with Gasteiger partial charge in [0.05, 0.1) is 28.4 Å². The van der Waals surface area contributed by atoms with Crippen LogP contribution >= 0.6 is 0 Å². The van der Waals surface area contributed by atoms with Gasteiger partial charge in [-0.15, -0.1) is 0 Å². The van der Waals surface area contributed by atoms with Gasteiger partial charge < -0.3 is 5.32 Å². The van der Waals surface area contributed by atoms with Crippen molar-refractivity contribution in [1.29, 1.82) is 0 Å². The van der Waals surface area contributed by atoms with E-state index in [1.807, 2.05) is 0 Å². The number of sulfonamides is 1. The number of likely N-dealkylation sites (N-methyl/N-ethyl adjacent to an activating group) is 1. The lowest BCUT2D eigenvalue weighted by Gasteiger charge is -2.18. The molecule has 0 spiro atoms. The molecular formula is C19H16F4N4O3S. The Hall–Kier alpha value is -3.25. The lowest BCUT2D eigenvalue weighted by molar-refractivity contribution is -0.137. The number of halogens is 4. The number of anilines is 1. The second kappa shape index (κ2) is 8.47. The molecule has 12 heteroatoms. The maximum Gasteiger partial charge on any atom is 0.416 e. The highest BCUT2D eigenvalue weighted by molar-refractivity contribution is 7.89. The van der Waals surface area contributed by atoms with E-state index in [9.17, 15) is 30.8 Å². The van der Waals surface area contributed by atoms with Crippen LogP contribution in [0.3, 0.4) is 0 Å². The first-order valence-corrected chi connectivity index (χ1v) is 10.2. The molecule has 164 valence electrons. The zero-order valence-electron chi connectivity index (χ0n) is 16.0. The summed E-state index contributed by atoms with van der Waals surface area (Å²) in [5, 5.41) is 6.25. The van der Waals surface area contributed by atoms with E-state index < -0.39 is 40.0 Å². The van der Waals surface area contributed by atoms with Crippen molar-refractivity contribution in [2.75, 3.05) is 18.9 Å². The maximum absolute atomic E-state index is 13.1. The standard InChI is InChI=1S/C19H16F4N4O3S/c1-26(31(29,30)15-6-4-14(20)5-7-15)12-18(28)25-16-11-13(19(21,22)23)3-8-17(16)27-10-2-9-24-27/h2-11H,12H2,1H3,(H,25,28). The van der Waals surface area contributed by atoms with Crippen LogP contribution in [-0.2, 0) is 21.0 Å². The van der Waals surface area contributed by atoms with Gasteiger partial charge in [0.1, 0.15) is 5.82 Å². The molecule has 1 heterocycles. The number of nitrogens with zero attached hydrogens (tertiary/aromatic N) is 3. The lowest BCUT2D eigenvalue weighted by Crippen LogP contribution is -2.35. The minimum absolute atomic E-state index is 0.162. The van der Waals surface area contributed by atoms with Gasteiger partial charge in [-0.05, 0) is 48.5 Å². The number of aromatic nitrogens is 2. The van der Waals surface area contributed by atoms with Crippen LogP contribution < -0.4 is 5.32 Å². The number of nitrogens with one attached hydrogen (secondary N) is 1. The average molecular weight is 456 g/mol. The van der Waals surface area contributed by atoms with Crippen LogP contribution in [0.2, 0.25) is 0 Å². The number of hydrogen-bond donors (Lipinski definition) is 1. The highest BCUT2D eigenvalue weighted by Gasteiger charge is 2.31. The summed E-state index contributed by atoms with van der Waals surface area (Å²) in [6.45, 7) is -0.686. The molecule has 0 bridgehead atoms. The van der Waals surface area contributed by atoms with E-state index in [2.05, 4.69) is 10.4 Å². The number of amides is 1. The van der Waals surface area contributed by atoms with E-state index in [-0.39, 0.29) is 16.3 Å². The Balaban J connectivity index is 1.84. The fourth-order valence-electron chi connectivity index (χ4n) is 2.69. The van der Waals surface area contributed by atoms with Crippen LogP contribution in [0.1, 0.15) is 5.56 Å². The number of rotatable bonds is 6. The second-order valence-electron chi connectivity index (χ2n) is 6.44. The van der Waals surface area contributed by atoms with E-state index in [1.165, 1.54) is 17.1 Å². The van der Waals surface area contributed by atoms with Crippen molar-refractivity contribution in [3.63, 3.8) is 0 Å². The lowest BCUT2D eigenvalue weighted by atomic mass is 10.1. The summed E-state index contributed by atoms with van der Waals surface area (Å²) in [4.78, 5) is 12.2. The van der Waals surface area contributed by atoms with Gasteiger partial charge in [-0.2, -0.15) is 22.6 Å². The monoisotopic (exact) mass is 456 g/mol. The van der Waals surface area contributed by atoms with E-state index >= 15 is 0 Å². The van der Waals surface area contributed by atoms with Crippen molar-refractivity contribution in [1.82, 2.24) is 14.1 Å². The Bertz CT molecular complexity index is 1180. The SMILES string of the molecule is CN(CC(=O)Nc1cc(C(F)(F)F)ccc1-n1cccn1)S(=O)(=O)c1ccc(F)cc1. The van der Waals surface area contributed by atoms with Gasteiger partial charge in [0.2, 0.25) is 15.9 Å². The number of carbonyl (C=O) groups excluding carboxylic acids is 1. The number of carbonyl (C=O) groups is 1. The van der Waals surface area contributed by atoms with Crippen LogP contribution in [0.5, 0.6) is 0 Å². The van der Waals surface area contributed by atoms with Gasteiger partial charge in [-0.25, -0.2) is 17.5 Å². The van der Waals surface area contributed by atoms with E-state index in [0.29, 0.717) is 4.31 Å². The maximum atomic E-state index is 13.1. The van der Waals surface area contributed by atoms with Gasteiger partial charge >= 0.3 is 6.18 Å². The smallest absolute Gasteiger partial charge is 0.323 e. The molecule has 1 amide bonds. The average Bonchev–Trinajstić information content (AvgIpc) is 3.22. The molecule has 0 saturated heterocycles. The Morgan fingerprint density at radius 3 is 2.42 bits per heavy atom. The Morgan fingerprint density at radius 2 is 1.84 bits per heavy atom. The predicted molar refractivity (Wildman–Crippen MR) is 103 cm³/mol. The second-order valence-corrected chi connectivity index (χ2v) is 8.49. The molecule has 3 aromatic rings. The Labute approximate surface area is 175 Å². The number of alkyl halides is 3. The minimum atomic E-state index is -4.65. The van der Waals surface area contributed by atoms with Gasteiger partial charge in [-0.3, -0.25) is 4.79 Å². The molecule has 1 N–H and O–H groups in total. The predicted octanol–water partition coefficient (Wildman–Crippen LogP) is 3.29. The zero-order valence-corrected chi connectivity index (χ0v) is 16.8. The van der Waals surface area contributed by atoms with Crippen LogP contribution in [0, 0.1) is 5.82 Å². The van der Waals surface area contributed by atoms with Crippen molar-refractivity contribution in [2.45, 2.75) is 11.1 Å². The molecule has 0 aliphatic rings. The molecule has 3 rings (SSSR count). The van der Waals surface area contributed by atoms with Crippen LogP contribution in [0.15, 0.2) is 65.8 Å². The largest absolute Gasteiger partial charge is 0.416 e. The summed E-state index contributed by atoms with van der Waals surface area (Å²) < 4.78 is 79.4.